The Morgan fingerprint density at radius 3 is 2.67 bits per heavy atom. The number of nitrogens with one attached hydrogen (secondary N) is 1. The van der Waals surface area contributed by atoms with Gasteiger partial charge in [-0.2, -0.15) is 0 Å². The van der Waals surface area contributed by atoms with Crippen LogP contribution < -0.4 is 5.32 Å². The van der Waals surface area contributed by atoms with Crippen LogP contribution in [-0.4, -0.2) is 22.1 Å². The maximum absolute atomic E-state index is 11.6. The molecule has 0 aromatic heterocycles. The van der Waals surface area contributed by atoms with Gasteiger partial charge in [0, 0.05) is 5.33 Å². The number of anilines is 1. The van der Waals surface area contributed by atoms with E-state index in [1.54, 1.807) is 32.9 Å². The third kappa shape index (κ3) is 4.96. The standard InChI is InChI=1S/C13H18BrNO3/c1-13(2,3)18-12(17)15-10-8-9(6-7-14)4-5-11(10)16/h4-5,8,16H,6-7H2,1-3H3,(H,15,17). The number of benzene rings is 1. The second-order valence-corrected chi connectivity index (χ2v) is 5.71. The summed E-state index contributed by atoms with van der Waals surface area (Å²) in [4.78, 5) is 11.6. The van der Waals surface area contributed by atoms with Gasteiger partial charge >= 0.3 is 6.09 Å². The molecule has 0 saturated heterocycles. The van der Waals surface area contributed by atoms with Crippen LogP contribution in [0.1, 0.15) is 26.3 Å². The van der Waals surface area contributed by atoms with E-state index >= 15 is 0 Å². The number of hydrogen-bond acceptors (Lipinski definition) is 3. The largest absolute Gasteiger partial charge is 0.506 e. The number of phenols is 1. The minimum Gasteiger partial charge on any atom is -0.506 e. The molecule has 0 unspecified atom stereocenters. The number of alkyl halides is 1. The second-order valence-electron chi connectivity index (χ2n) is 4.92. The normalized spacial score (nSPS) is 11.1. The van der Waals surface area contributed by atoms with Gasteiger partial charge in [0.1, 0.15) is 11.4 Å². The molecule has 0 aliphatic heterocycles. The lowest BCUT2D eigenvalue weighted by molar-refractivity contribution is 0.0635. The maximum Gasteiger partial charge on any atom is 0.412 e. The number of aromatic hydroxyl groups is 1. The van der Waals surface area contributed by atoms with Gasteiger partial charge in [-0.15, -0.1) is 0 Å². The maximum atomic E-state index is 11.6. The van der Waals surface area contributed by atoms with Crippen LogP contribution in [0.4, 0.5) is 10.5 Å². The molecule has 18 heavy (non-hydrogen) atoms. The van der Waals surface area contributed by atoms with Gasteiger partial charge in [-0.05, 0) is 44.9 Å². The molecule has 1 aromatic rings. The van der Waals surface area contributed by atoms with Crippen LogP contribution in [0, 0.1) is 0 Å². The molecule has 5 heteroatoms. The Hall–Kier alpha value is -1.23. The molecule has 0 aliphatic rings. The average molecular weight is 316 g/mol. The molecule has 0 heterocycles. The molecule has 0 spiro atoms. The van der Waals surface area contributed by atoms with Crippen molar-refractivity contribution in [2.45, 2.75) is 32.8 Å². The van der Waals surface area contributed by atoms with Gasteiger partial charge in [-0.3, -0.25) is 5.32 Å². The summed E-state index contributed by atoms with van der Waals surface area (Å²) in [6, 6.07) is 5.11. The van der Waals surface area contributed by atoms with E-state index in [1.165, 1.54) is 0 Å². The van der Waals surface area contributed by atoms with E-state index in [9.17, 15) is 9.90 Å². The average Bonchev–Trinajstić information content (AvgIpc) is 2.20. The summed E-state index contributed by atoms with van der Waals surface area (Å²) in [5.74, 6) is 0.0270. The number of aryl methyl sites for hydroxylation is 1. The molecule has 1 amide bonds. The summed E-state index contributed by atoms with van der Waals surface area (Å²) in [6.45, 7) is 5.36. The molecular weight excluding hydrogens is 298 g/mol. The second kappa shape index (κ2) is 6.09. The number of rotatable bonds is 3. The molecule has 4 nitrogen and oxygen atoms in total. The Morgan fingerprint density at radius 1 is 1.44 bits per heavy atom. The number of carbonyl (C=O) groups excluding carboxylic acids is 1. The third-order valence-corrected chi connectivity index (χ3v) is 2.48. The van der Waals surface area contributed by atoms with Gasteiger partial charge in [0.05, 0.1) is 5.69 Å². The highest BCUT2D eigenvalue weighted by molar-refractivity contribution is 9.09. The predicted octanol–water partition coefficient (Wildman–Crippen LogP) is 3.68. The number of halogens is 1. The van der Waals surface area contributed by atoms with E-state index in [1.807, 2.05) is 6.07 Å². The minimum atomic E-state index is -0.575. The Bertz CT molecular complexity index is 427. The van der Waals surface area contributed by atoms with Crippen molar-refractivity contribution >= 4 is 27.7 Å². The zero-order valence-corrected chi connectivity index (χ0v) is 12.4. The third-order valence-electron chi connectivity index (χ3n) is 2.08. The molecule has 0 bridgehead atoms. The summed E-state index contributed by atoms with van der Waals surface area (Å²) in [5, 5.41) is 13.0. The van der Waals surface area contributed by atoms with Crippen LogP contribution in [0.5, 0.6) is 5.75 Å². The Balaban J connectivity index is 2.77. The smallest absolute Gasteiger partial charge is 0.412 e. The van der Waals surface area contributed by atoms with Crippen LogP contribution in [-0.2, 0) is 11.2 Å². The zero-order chi connectivity index (χ0) is 13.8. The fourth-order valence-corrected chi connectivity index (χ4v) is 1.82. The van der Waals surface area contributed by atoms with E-state index in [0.29, 0.717) is 5.69 Å². The van der Waals surface area contributed by atoms with Gasteiger partial charge in [0.15, 0.2) is 0 Å². The molecular formula is C13H18BrNO3. The van der Waals surface area contributed by atoms with Crippen molar-refractivity contribution in [3.05, 3.63) is 23.8 Å². The van der Waals surface area contributed by atoms with Gasteiger partial charge in [0.25, 0.3) is 0 Å². The first-order valence-corrected chi connectivity index (χ1v) is 6.82. The molecule has 1 rings (SSSR count). The molecule has 0 saturated carbocycles. The SMILES string of the molecule is CC(C)(C)OC(=O)Nc1cc(CCBr)ccc1O. The summed E-state index contributed by atoms with van der Waals surface area (Å²) in [5.41, 5.74) is 0.825. The van der Waals surface area contributed by atoms with Gasteiger partial charge in [0.2, 0.25) is 0 Å². The fourth-order valence-electron chi connectivity index (χ4n) is 1.36. The summed E-state index contributed by atoms with van der Waals surface area (Å²) < 4.78 is 5.13. The van der Waals surface area contributed by atoms with Crippen molar-refractivity contribution in [3.63, 3.8) is 0 Å². The lowest BCUT2D eigenvalue weighted by Crippen LogP contribution is -2.27. The van der Waals surface area contributed by atoms with E-state index in [-0.39, 0.29) is 5.75 Å². The number of ether oxygens (including phenoxy) is 1. The first-order valence-electron chi connectivity index (χ1n) is 5.69. The number of carbonyl (C=O) groups is 1. The first-order chi connectivity index (χ1) is 8.31. The van der Waals surface area contributed by atoms with Crippen molar-refractivity contribution in [1.29, 1.82) is 0 Å². The Morgan fingerprint density at radius 2 is 2.11 bits per heavy atom. The van der Waals surface area contributed by atoms with E-state index in [4.69, 9.17) is 4.74 Å². The zero-order valence-electron chi connectivity index (χ0n) is 10.8. The number of hydrogen-bond donors (Lipinski definition) is 2. The van der Waals surface area contributed by atoms with Gasteiger partial charge in [-0.25, -0.2) is 4.79 Å². The summed E-state index contributed by atoms with van der Waals surface area (Å²) in [6.07, 6.45) is 0.248. The highest BCUT2D eigenvalue weighted by atomic mass is 79.9. The monoisotopic (exact) mass is 315 g/mol. The van der Waals surface area contributed by atoms with E-state index < -0.39 is 11.7 Å². The highest BCUT2D eigenvalue weighted by Gasteiger charge is 2.17. The van der Waals surface area contributed by atoms with Gasteiger partial charge < -0.3 is 9.84 Å². The van der Waals surface area contributed by atoms with Crippen molar-refractivity contribution < 1.29 is 14.6 Å². The van der Waals surface area contributed by atoms with Crippen LogP contribution >= 0.6 is 15.9 Å². The Kier molecular flexibility index (Phi) is 5.02. The lowest BCUT2D eigenvalue weighted by atomic mass is 10.1. The summed E-state index contributed by atoms with van der Waals surface area (Å²) in [7, 11) is 0. The first kappa shape index (κ1) is 14.8. The van der Waals surface area contributed by atoms with Crippen LogP contribution in [0.3, 0.4) is 0 Å². The molecule has 0 aliphatic carbocycles. The lowest BCUT2D eigenvalue weighted by Gasteiger charge is -2.20. The summed E-state index contributed by atoms with van der Waals surface area (Å²) >= 11 is 3.35. The van der Waals surface area contributed by atoms with Crippen molar-refractivity contribution in [3.8, 4) is 5.75 Å². The molecule has 1 aromatic carbocycles. The topological polar surface area (TPSA) is 58.6 Å². The highest BCUT2D eigenvalue weighted by Crippen LogP contribution is 2.25. The van der Waals surface area contributed by atoms with Crippen molar-refractivity contribution in [2.24, 2.45) is 0 Å². The van der Waals surface area contributed by atoms with Crippen LogP contribution in [0.2, 0.25) is 0 Å². The Labute approximate surface area is 115 Å². The van der Waals surface area contributed by atoms with Crippen LogP contribution in [0.15, 0.2) is 18.2 Å². The number of phenolic OH excluding ortho intramolecular Hbond substituents is 1. The van der Waals surface area contributed by atoms with E-state index in [0.717, 1.165) is 17.3 Å². The quantitative estimate of drug-likeness (QED) is 0.661. The molecule has 100 valence electrons. The molecule has 0 radical (unpaired) electrons. The van der Waals surface area contributed by atoms with Crippen molar-refractivity contribution in [1.82, 2.24) is 0 Å². The fraction of sp³-hybridized carbons (Fsp3) is 0.462. The molecule has 0 fully saturated rings. The predicted molar refractivity (Wildman–Crippen MR) is 75.5 cm³/mol. The van der Waals surface area contributed by atoms with E-state index in [2.05, 4.69) is 21.2 Å². The van der Waals surface area contributed by atoms with Crippen molar-refractivity contribution in [2.75, 3.05) is 10.6 Å². The minimum absolute atomic E-state index is 0.0270. The van der Waals surface area contributed by atoms with Gasteiger partial charge in [-0.1, -0.05) is 22.0 Å². The van der Waals surface area contributed by atoms with Crippen LogP contribution in [0.25, 0.3) is 0 Å². The molecule has 0 atom stereocenters. The number of amides is 1. The molecule has 2 N–H and O–H groups in total.